The summed E-state index contributed by atoms with van der Waals surface area (Å²) in [4.78, 5) is 10.9. The number of carboxylic acids is 1. The normalized spacial score (nSPS) is 11.0. The van der Waals surface area contributed by atoms with Crippen LogP contribution in [-0.4, -0.2) is 20.9 Å². The summed E-state index contributed by atoms with van der Waals surface area (Å²) < 4.78 is 1.68. The minimum atomic E-state index is -1.01. The molecule has 5 nitrogen and oxygen atoms in total. The third-order valence-corrected chi connectivity index (χ3v) is 3.69. The molecule has 0 fully saturated rings. The molecule has 2 aromatic carbocycles. The van der Waals surface area contributed by atoms with Crippen molar-refractivity contribution in [2.45, 2.75) is 13.0 Å². The van der Waals surface area contributed by atoms with Gasteiger partial charge in [-0.3, -0.25) is 4.68 Å². The number of carboxylic acid groups (broad SMARTS) is 1. The Kier molecular flexibility index (Phi) is 4.39. The lowest BCUT2D eigenvalue weighted by Gasteiger charge is -2.05. The van der Waals surface area contributed by atoms with Crippen LogP contribution < -0.4 is 0 Å². The molecule has 0 aliphatic rings. The van der Waals surface area contributed by atoms with Crippen molar-refractivity contribution in [2.75, 3.05) is 0 Å². The first-order valence-corrected chi connectivity index (χ1v) is 7.52. The van der Waals surface area contributed by atoms with Crippen molar-refractivity contribution in [1.29, 1.82) is 5.26 Å². The fourth-order valence-corrected chi connectivity index (χ4v) is 2.64. The van der Waals surface area contributed by atoms with E-state index in [0.29, 0.717) is 24.2 Å². The van der Waals surface area contributed by atoms with Crippen LogP contribution in [0.25, 0.3) is 28.1 Å². The van der Waals surface area contributed by atoms with Gasteiger partial charge in [-0.15, -0.1) is 0 Å². The van der Waals surface area contributed by atoms with E-state index in [0.717, 1.165) is 22.4 Å². The third kappa shape index (κ3) is 3.18. The van der Waals surface area contributed by atoms with Gasteiger partial charge < -0.3 is 5.11 Å². The molecule has 0 bridgehead atoms. The Bertz CT molecular complexity index is 959. The molecule has 0 amide bonds. The highest BCUT2D eigenvalue weighted by atomic mass is 16.4. The lowest BCUT2D eigenvalue weighted by Crippen LogP contribution is -1.97. The zero-order chi connectivity index (χ0) is 16.9. The zero-order valence-corrected chi connectivity index (χ0v) is 12.9. The van der Waals surface area contributed by atoms with Crippen LogP contribution in [0.5, 0.6) is 0 Å². The van der Waals surface area contributed by atoms with Gasteiger partial charge in [-0.1, -0.05) is 42.5 Å². The summed E-state index contributed by atoms with van der Waals surface area (Å²) in [6.45, 7) is 0.467. The quantitative estimate of drug-likeness (QED) is 0.727. The number of hydrogen-bond donors (Lipinski definition) is 1. The molecule has 1 heterocycles. The number of aryl methyl sites for hydroxylation is 1. The summed E-state index contributed by atoms with van der Waals surface area (Å²) in [5.74, 6) is -1.01. The van der Waals surface area contributed by atoms with Gasteiger partial charge in [-0.05, 0) is 16.8 Å². The van der Waals surface area contributed by atoms with Gasteiger partial charge in [0.2, 0.25) is 0 Å². The fraction of sp³-hybridized carbons (Fsp3) is 0.105. The molecular weight excluding hydrogens is 302 g/mol. The Morgan fingerprint density at radius 1 is 1.25 bits per heavy atom. The van der Waals surface area contributed by atoms with E-state index < -0.39 is 5.97 Å². The third-order valence-electron chi connectivity index (χ3n) is 3.69. The Morgan fingerprint density at radius 3 is 2.83 bits per heavy atom. The number of carbonyl (C=O) groups is 1. The highest BCUT2D eigenvalue weighted by Crippen LogP contribution is 2.30. The Labute approximate surface area is 139 Å². The standard InChI is InChI=1S/C19H15N3O2/c20-11-4-12-22-13-15(9-10-18(23)24)19(21-22)17-8-3-6-14-5-1-2-7-16(14)17/h1-3,5-10,13H,4,12H2,(H,23,24). The van der Waals surface area contributed by atoms with Crippen molar-refractivity contribution in [1.82, 2.24) is 9.78 Å². The number of nitriles is 1. The summed E-state index contributed by atoms with van der Waals surface area (Å²) >= 11 is 0. The maximum Gasteiger partial charge on any atom is 0.328 e. The number of aliphatic carboxylic acids is 1. The van der Waals surface area contributed by atoms with Crippen LogP contribution in [0.1, 0.15) is 12.0 Å². The van der Waals surface area contributed by atoms with Crippen LogP contribution in [-0.2, 0) is 11.3 Å². The molecule has 0 saturated heterocycles. The van der Waals surface area contributed by atoms with Crippen molar-refractivity contribution in [3.63, 3.8) is 0 Å². The fourth-order valence-electron chi connectivity index (χ4n) is 2.64. The van der Waals surface area contributed by atoms with E-state index >= 15 is 0 Å². The average Bonchev–Trinajstić information content (AvgIpc) is 3.00. The molecule has 0 aliphatic heterocycles. The van der Waals surface area contributed by atoms with E-state index in [4.69, 9.17) is 10.4 Å². The molecule has 3 rings (SSSR count). The predicted octanol–water partition coefficient (Wildman–Crippen LogP) is 3.71. The largest absolute Gasteiger partial charge is 0.478 e. The topological polar surface area (TPSA) is 78.9 Å². The highest BCUT2D eigenvalue weighted by molar-refractivity contribution is 5.98. The second-order valence-corrected chi connectivity index (χ2v) is 5.30. The van der Waals surface area contributed by atoms with Gasteiger partial charge in [0, 0.05) is 23.4 Å². The van der Waals surface area contributed by atoms with Crippen LogP contribution in [0.15, 0.2) is 54.7 Å². The first kappa shape index (κ1) is 15.5. The molecule has 0 aliphatic carbocycles. The molecule has 1 N–H and O–H groups in total. The van der Waals surface area contributed by atoms with Crippen LogP contribution in [0, 0.1) is 11.3 Å². The smallest absolute Gasteiger partial charge is 0.328 e. The first-order chi connectivity index (χ1) is 11.7. The lowest BCUT2D eigenvalue weighted by atomic mass is 10.00. The van der Waals surface area contributed by atoms with Crippen molar-refractivity contribution in [3.05, 3.63) is 60.3 Å². The van der Waals surface area contributed by atoms with Gasteiger partial charge in [0.1, 0.15) is 5.69 Å². The monoisotopic (exact) mass is 317 g/mol. The molecule has 0 atom stereocenters. The van der Waals surface area contributed by atoms with Crippen molar-refractivity contribution in [3.8, 4) is 17.3 Å². The van der Waals surface area contributed by atoms with Gasteiger partial charge in [-0.2, -0.15) is 10.4 Å². The molecule has 118 valence electrons. The summed E-state index contributed by atoms with van der Waals surface area (Å²) in [5, 5.41) is 24.4. The van der Waals surface area contributed by atoms with E-state index in [1.54, 1.807) is 10.9 Å². The molecule has 3 aromatic rings. The predicted molar refractivity (Wildman–Crippen MR) is 92.1 cm³/mol. The Balaban J connectivity index is 2.15. The second kappa shape index (κ2) is 6.80. The van der Waals surface area contributed by atoms with Crippen molar-refractivity contribution in [2.24, 2.45) is 0 Å². The second-order valence-electron chi connectivity index (χ2n) is 5.30. The molecular formula is C19H15N3O2. The van der Waals surface area contributed by atoms with Crippen LogP contribution >= 0.6 is 0 Å². The average molecular weight is 317 g/mol. The summed E-state index contributed by atoms with van der Waals surface area (Å²) in [7, 11) is 0. The van der Waals surface area contributed by atoms with Crippen LogP contribution in [0.3, 0.4) is 0 Å². The molecule has 0 unspecified atom stereocenters. The zero-order valence-electron chi connectivity index (χ0n) is 12.9. The first-order valence-electron chi connectivity index (χ1n) is 7.52. The van der Waals surface area contributed by atoms with E-state index in [2.05, 4.69) is 11.2 Å². The summed E-state index contributed by atoms with van der Waals surface area (Å²) in [5.41, 5.74) is 2.36. The van der Waals surface area contributed by atoms with Crippen LogP contribution in [0.4, 0.5) is 0 Å². The maximum absolute atomic E-state index is 10.9. The Hall–Kier alpha value is -3.39. The molecule has 0 radical (unpaired) electrons. The molecule has 1 aromatic heterocycles. The van der Waals surface area contributed by atoms with Crippen molar-refractivity contribution < 1.29 is 9.90 Å². The highest BCUT2D eigenvalue weighted by Gasteiger charge is 2.12. The maximum atomic E-state index is 10.9. The SMILES string of the molecule is N#CCCn1cc(C=CC(=O)O)c(-c2cccc3ccccc23)n1. The number of aromatic nitrogens is 2. The minimum absolute atomic E-state index is 0.346. The number of benzene rings is 2. The van der Waals surface area contributed by atoms with Crippen molar-refractivity contribution >= 4 is 22.8 Å². The summed E-state index contributed by atoms with van der Waals surface area (Å²) in [6, 6.07) is 16.0. The Morgan fingerprint density at radius 2 is 2.04 bits per heavy atom. The van der Waals surface area contributed by atoms with Gasteiger partial charge in [0.25, 0.3) is 0 Å². The minimum Gasteiger partial charge on any atom is -0.478 e. The van der Waals surface area contributed by atoms with Gasteiger partial charge in [-0.25, -0.2) is 4.79 Å². The number of nitrogens with zero attached hydrogens (tertiary/aromatic N) is 3. The summed E-state index contributed by atoms with van der Waals surface area (Å²) in [6.07, 6.45) is 4.75. The van der Waals surface area contributed by atoms with E-state index in [1.807, 2.05) is 42.5 Å². The van der Waals surface area contributed by atoms with E-state index in [-0.39, 0.29) is 0 Å². The number of hydrogen-bond acceptors (Lipinski definition) is 3. The number of rotatable bonds is 5. The van der Waals surface area contributed by atoms with Gasteiger partial charge >= 0.3 is 5.97 Å². The van der Waals surface area contributed by atoms with Gasteiger partial charge in [0.15, 0.2) is 0 Å². The molecule has 24 heavy (non-hydrogen) atoms. The van der Waals surface area contributed by atoms with Gasteiger partial charge in [0.05, 0.1) is 19.0 Å². The van der Waals surface area contributed by atoms with E-state index in [1.165, 1.54) is 6.08 Å². The molecule has 0 saturated carbocycles. The van der Waals surface area contributed by atoms with E-state index in [9.17, 15) is 4.79 Å². The lowest BCUT2D eigenvalue weighted by molar-refractivity contribution is -0.131. The molecule has 0 spiro atoms. The number of fused-ring (bicyclic) bond motifs is 1. The molecule has 5 heteroatoms. The van der Waals surface area contributed by atoms with Crippen LogP contribution in [0.2, 0.25) is 0 Å².